The number of halogens is 1. The summed E-state index contributed by atoms with van der Waals surface area (Å²) in [4.78, 5) is 0. The molecule has 0 spiro atoms. The van der Waals surface area contributed by atoms with Gasteiger partial charge in [-0.3, -0.25) is 0 Å². The lowest BCUT2D eigenvalue weighted by atomic mass is 9.84. The zero-order chi connectivity index (χ0) is 12.1. The van der Waals surface area contributed by atoms with Gasteiger partial charge in [0.25, 0.3) is 0 Å². The molecule has 0 aliphatic heterocycles. The maximum atomic E-state index is 6.41. The first-order valence-corrected chi connectivity index (χ1v) is 7.11. The molecule has 1 saturated carbocycles. The molecule has 2 rings (SSSR count). The molecule has 0 saturated heterocycles. The second kappa shape index (κ2) is 6.30. The lowest BCUT2D eigenvalue weighted by Crippen LogP contribution is -2.17. The van der Waals surface area contributed by atoms with Crippen LogP contribution in [0.5, 0.6) is 5.75 Å². The van der Waals surface area contributed by atoms with E-state index in [1.54, 1.807) is 0 Å². The Labute approximate surface area is 109 Å². The van der Waals surface area contributed by atoms with Crippen LogP contribution >= 0.6 is 11.6 Å². The first-order valence-electron chi connectivity index (χ1n) is 6.68. The largest absolute Gasteiger partial charge is 0.494 e. The van der Waals surface area contributed by atoms with Gasteiger partial charge in [-0.1, -0.05) is 31.9 Å². The van der Waals surface area contributed by atoms with Gasteiger partial charge < -0.3 is 4.74 Å². The van der Waals surface area contributed by atoms with Crippen LogP contribution in [-0.4, -0.2) is 12.0 Å². The minimum atomic E-state index is 0.311. The molecule has 0 N–H and O–H groups in total. The summed E-state index contributed by atoms with van der Waals surface area (Å²) >= 11 is 6.41. The fraction of sp³-hybridized carbons (Fsp3) is 0.600. The van der Waals surface area contributed by atoms with Crippen LogP contribution < -0.4 is 4.74 Å². The van der Waals surface area contributed by atoms with Gasteiger partial charge in [-0.15, -0.1) is 11.6 Å². The molecule has 2 unspecified atom stereocenters. The summed E-state index contributed by atoms with van der Waals surface area (Å²) in [5, 5.41) is 0.311. The van der Waals surface area contributed by atoms with Gasteiger partial charge in [-0.05, 0) is 37.0 Å². The Bertz CT molecular complexity index is 333. The molecule has 0 amide bonds. The Morgan fingerprint density at radius 1 is 1.18 bits per heavy atom. The summed E-state index contributed by atoms with van der Waals surface area (Å²) < 4.78 is 5.59. The van der Waals surface area contributed by atoms with E-state index in [1.807, 2.05) is 0 Å². The molecular formula is C15H21ClO. The van der Waals surface area contributed by atoms with Gasteiger partial charge in [0.2, 0.25) is 0 Å². The second-order valence-corrected chi connectivity index (χ2v) is 5.39. The topological polar surface area (TPSA) is 9.23 Å². The third kappa shape index (κ3) is 3.38. The van der Waals surface area contributed by atoms with E-state index >= 15 is 0 Å². The standard InChI is InChI=1S/C15H21ClO/c1-2-11-17-13-9-7-12(8-10-13)14-5-3-4-6-15(14)16/h7-10,14-15H,2-6,11H2,1H3. The minimum Gasteiger partial charge on any atom is -0.494 e. The minimum absolute atomic E-state index is 0.311. The Morgan fingerprint density at radius 2 is 1.88 bits per heavy atom. The van der Waals surface area contributed by atoms with Crippen molar-refractivity contribution in [1.82, 2.24) is 0 Å². The Hall–Kier alpha value is -0.690. The monoisotopic (exact) mass is 252 g/mol. The molecule has 1 aliphatic carbocycles. The van der Waals surface area contributed by atoms with Crippen LogP contribution in [0, 0.1) is 0 Å². The molecule has 17 heavy (non-hydrogen) atoms. The van der Waals surface area contributed by atoms with E-state index in [4.69, 9.17) is 16.3 Å². The van der Waals surface area contributed by atoms with Crippen molar-refractivity contribution in [3.63, 3.8) is 0 Å². The highest BCUT2D eigenvalue weighted by atomic mass is 35.5. The van der Waals surface area contributed by atoms with Crippen LogP contribution in [0.4, 0.5) is 0 Å². The average molecular weight is 253 g/mol. The number of hydrogen-bond acceptors (Lipinski definition) is 1. The first kappa shape index (κ1) is 12.8. The molecular weight excluding hydrogens is 232 g/mol. The zero-order valence-corrected chi connectivity index (χ0v) is 11.2. The smallest absolute Gasteiger partial charge is 0.119 e. The summed E-state index contributed by atoms with van der Waals surface area (Å²) in [7, 11) is 0. The SMILES string of the molecule is CCCOc1ccc(C2CCCCC2Cl)cc1. The summed E-state index contributed by atoms with van der Waals surface area (Å²) in [5.41, 5.74) is 1.37. The van der Waals surface area contributed by atoms with E-state index in [0.29, 0.717) is 11.3 Å². The van der Waals surface area contributed by atoms with Gasteiger partial charge in [-0.25, -0.2) is 0 Å². The maximum Gasteiger partial charge on any atom is 0.119 e. The molecule has 1 aliphatic rings. The number of alkyl halides is 1. The van der Waals surface area contributed by atoms with Crippen LogP contribution in [0.25, 0.3) is 0 Å². The van der Waals surface area contributed by atoms with Crippen molar-refractivity contribution < 1.29 is 4.74 Å². The van der Waals surface area contributed by atoms with Crippen molar-refractivity contribution in [2.75, 3.05) is 6.61 Å². The Kier molecular flexibility index (Phi) is 4.73. The van der Waals surface area contributed by atoms with E-state index < -0.39 is 0 Å². The number of rotatable bonds is 4. The highest BCUT2D eigenvalue weighted by Gasteiger charge is 2.24. The molecule has 94 valence electrons. The van der Waals surface area contributed by atoms with Crippen molar-refractivity contribution in [2.45, 2.75) is 50.3 Å². The summed E-state index contributed by atoms with van der Waals surface area (Å²) in [6, 6.07) is 8.50. The van der Waals surface area contributed by atoms with Gasteiger partial charge in [0, 0.05) is 11.3 Å². The highest BCUT2D eigenvalue weighted by Crippen LogP contribution is 2.36. The molecule has 1 nitrogen and oxygen atoms in total. The third-order valence-corrected chi connectivity index (χ3v) is 3.99. The predicted octanol–water partition coefficient (Wildman–Crippen LogP) is 4.74. The molecule has 1 aromatic rings. The number of hydrogen-bond donors (Lipinski definition) is 0. The molecule has 1 fully saturated rings. The van der Waals surface area contributed by atoms with Crippen molar-refractivity contribution in [2.24, 2.45) is 0 Å². The van der Waals surface area contributed by atoms with E-state index in [0.717, 1.165) is 25.2 Å². The van der Waals surface area contributed by atoms with Gasteiger partial charge >= 0.3 is 0 Å². The average Bonchev–Trinajstić information content (AvgIpc) is 2.38. The fourth-order valence-corrected chi connectivity index (χ4v) is 2.92. The second-order valence-electron chi connectivity index (χ2n) is 4.82. The molecule has 0 heterocycles. The van der Waals surface area contributed by atoms with Crippen molar-refractivity contribution in [1.29, 1.82) is 0 Å². The van der Waals surface area contributed by atoms with Gasteiger partial charge in [-0.2, -0.15) is 0 Å². The van der Waals surface area contributed by atoms with Crippen LogP contribution in [0.15, 0.2) is 24.3 Å². The lowest BCUT2D eigenvalue weighted by molar-refractivity contribution is 0.317. The molecule has 0 aromatic heterocycles. The van der Waals surface area contributed by atoms with Crippen molar-refractivity contribution >= 4 is 11.6 Å². The molecule has 2 atom stereocenters. The predicted molar refractivity (Wildman–Crippen MR) is 73.1 cm³/mol. The maximum absolute atomic E-state index is 6.41. The van der Waals surface area contributed by atoms with E-state index in [2.05, 4.69) is 31.2 Å². The Balaban J connectivity index is 2.01. The van der Waals surface area contributed by atoms with E-state index in [-0.39, 0.29) is 0 Å². The lowest BCUT2D eigenvalue weighted by Gasteiger charge is -2.27. The third-order valence-electron chi connectivity index (χ3n) is 3.46. The van der Waals surface area contributed by atoms with Crippen LogP contribution in [0.2, 0.25) is 0 Å². The molecule has 0 radical (unpaired) electrons. The summed E-state index contributed by atoms with van der Waals surface area (Å²) in [6.45, 7) is 2.91. The zero-order valence-electron chi connectivity index (χ0n) is 10.5. The number of ether oxygens (including phenoxy) is 1. The Morgan fingerprint density at radius 3 is 2.53 bits per heavy atom. The van der Waals surface area contributed by atoms with Crippen LogP contribution in [-0.2, 0) is 0 Å². The quantitative estimate of drug-likeness (QED) is 0.704. The van der Waals surface area contributed by atoms with Crippen LogP contribution in [0.3, 0.4) is 0 Å². The fourth-order valence-electron chi connectivity index (χ4n) is 2.49. The molecule has 1 aromatic carbocycles. The van der Waals surface area contributed by atoms with E-state index in [9.17, 15) is 0 Å². The summed E-state index contributed by atoms with van der Waals surface area (Å²) in [5.74, 6) is 1.50. The summed E-state index contributed by atoms with van der Waals surface area (Å²) in [6.07, 6.45) is 6.02. The highest BCUT2D eigenvalue weighted by molar-refractivity contribution is 6.21. The normalized spacial score (nSPS) is 24.6. The van der Waals surface area contributed by atoms with Gasteiger partial charge in [0.15, 0.2) is 0 Å². The molecule has 2 heteroatoms. The molecule has 0 bridgehead atoms. The van der Waals surface area contributed by atoms with Gasteiger partial charge in [0.05, 0.1) is 6.61 Å². The van der Waals surface area contributed by atoms with Crippen molar-refractivity contribution in [3.8, 4) is 5.75 Å². The van der Waals surface area contributed by atoms with Crippen LogP contribution in [0.1, 0.15) is 50.5 Å². The van der Waals surface area contributed by atoms with Crippen molar-refractivity contribution in [3.05, 3.63) is 29.8 Å². The van der Waals surface area contributed by atoms with Gasteiger partial charge in [0.1, 0.15) is 5.75 Å². The van der Waals surface area contributed by atoms with E-state index in [1.165, 1.54) is 24.8 Å². The number of benzene rings is 1. The first-order chi connectivity index (χ1) is 8.31.